The second-order valence-electron chi connectivity index (χ2n) is 5.54. The molecule has 2 rings (SSSR count). The molecule has 0 saturated heterocycles. The predicted octanol–water partition coefficient (Wildman–Crippen LogP) is 3.44. The van der Waals surface area contributed by atoms with Crippen LogP contribution >= 0.6 is 0 Å². The maximum atomic E-state index is 10.9. The summed E-state index contributed by atoms with van der Waals surface area (Å²) in [6.45, 7) is 1.69. The van der Waals surface area contributed by atoms with E-state index in [1.807, 2.05) is 24.3 Å². The molecule has 0 unspecified atom stereocenters. The van der Waals surface area contributed by atoms with Gasteiger partial charge in [-0.15, -0.1) is 0 Å². The van der Waals surface area contributed by atoms with E-state index in [-0.39, 0.29) is 0 Å². The summed E-state index contributed by atoms with van der Waals surface area (Å²) in [6.07, 6.45) is 5.09. The zero-order valence-electron chi connectivity index (χ0n) is 11.7. The highest BCUT2D eigenvalue weighted by atomic mass is 16.4. The quantitative estimate of drug-likeness (QED) is 0.653. The highest BCUT2D eigenvalue weighted by molar-refractivity contribution is 5.87. The molecule has 0 radical (unpaired) electrons. The molecule has 4 nitrogen and oxygen atoms in total. The number of aliphatic carboxylic acids is 1. The first kappa shape index (κ1) is 14.6. The van der Waals surface area contributed by atoms with Gasteiger partial charge in [-0.1, -0.05) is 35.8 Å². The molecule has 0 aromatic heterocycles. The molecule has 1 aromatic rings. The Balaban J connectivity index is 2.05. The van der Waals surface area contributed by atoms with Gasteiger partial charge in [0.25, 0.3) is 0 Å². The number of oxime groups is 1. The van der Waals surface area contributed by atoms with Crippen molar-refractivity contribution in [1.29, 1.82) is 0 Å². The van der Waals surface area contributed by atoms with E-state index in [2.05, 4.69) is 5.16 Å². The van der Waals surface area contributed by atoms with Gasteiger partial charge in [-0.2, -0.15) is 0 Å². The topological polar surface area (TPSA) is 69.9 Å². The van der Waals surface area contributed by atoms with Gasteiger partial charge >= 0.3 is 5.97 Å². The fraction of sp³-hybridized carbons (Fsp3) is 0.500. The van der Waals surface area contributed by atoms with Gasteiger partial charge in [-0.05, 0) is 43.7 Å². The second kappa shape index (κ2) is 6.55. The average Bonchev–Trinajstić information content (AvgIpc) is 2.48. The Bertz CT molecular complexity index is 493. The number of hydrogen-bond donors (Lipinski definition) is 2. The first-order chi connectivity index (χ1) is 9.61. The molecule has 108 valence electrons. The molecule has 2 N–H and O–H groups in total. The van der Waals surface area contributed by atoms with Gasteiger partial charge in [-0.3, -0.25) is 4.79 Å². The molecule has 0 aliphatic heterocycles. The zero-order chi connectivity index (χ0) is 14.5. The lowest BCUT2D eigenvalue weighted by molar-refractivity contribution is -0.138. The summed E-state index contributed by atoms with van der Waals surface area (Å²) in [5, 5.41) is 21.5. The van der Waals surface area contributed by atoms with Gasteiger partial charge in [-0.25, -0.2) is 0 Å². The highest BCUT2D eigenvalue weighted by Gasteiger charge is 2.21. The molecule has 0 spiro atoms. The molecule has 1 saturated carbocycles. The van der Waals surface area contributed by atoms with E-state index >= 15 is 0 Å². The summed E-state index contributed by atoms with van der Waals surface area (Å²) < 4.78 is 0. The second-order valence-corrected chi connectivity index (χ2v) is 5.54. The van der Waals surface area contributed by atoms with Crippen LogP contribution in [0.5, 0.6) is 0 Å². The van der Waals surface area contributed by atoms with Crippen LogP contribution in [0.25, 0.3) is 0 Å². The minimum absolute atomic E-state index is 0.316. The van der Waals surface area contributed by atoms with Crippen molar-refractivity contribution in [2.24, 2.45) is 11.1 Å². The van der Waals surface area contributed by atoms with E-state index < -0.39 is 11.9 Å². The molecular weight excluding hydrogens is 254 g/mol. The maximum Gasteiger partial charge on any atom is 0.310 e. The van der Waals surface area contributed by atoms with E-state index in [0.717, 1.165) is 37.0 Å². The third kappa shape index (κ3) is 3.38. The van der Waals surface area contributed by atoms with Gasteiger partial charge in [0, 0.05) is 5.92 Å². The molecule has 0 heterocycles. The Morgan fingerprint density at radius 3 is 2.65 bits per heavy atom. The summed E-state index contributed by atoms with van der Waals surface area (Å²) in [7, 11) is 0. The Labute approximate surface area is 119 Å². The molecule has 0 bridgehead atoms. The Morgan fingerprint density at radius 1 is 1.35 bits per heavy atom. The first-order valence-corrected chi connectivity index (χ1v) is 7.14. The van der Waals surface area contributed by atoms with E-state index in [1.165, 1.54) is 12.0 Å². The van der Waals surface area contributed by atoms with Crippen molar-refractivity contribution in [1.82, 2.24) is 0 Å². The monoisotopic (exact) mass is 275 g/mol. The van der Waals surface area contributed by atoms with Crippen LogP contribution in [0.15, 0.2) is 29.4 Å². The SMILES string of the molecule is C[C@@H](C(=O)O)c1ccc(C[C@H]2CCCC/C2=N/O)cc1. The van der Waals surface area contributed by atoms with Gasteiger partial charge in [0.1, 0.15) is 0 Å². The zero-order valence-corrected chi connectivity index (χ0v) is 11.7. The van der Waals surface area contributed by atoms with Crippen molar-refractivity contribution in [2.45, 2.75) is 44.9 Å². The Morgan fingerprint density at radius 2 is 2.05 bits per heavy atom. The van der Waals surface area contributed by atoms with Crippen molar-refractivity contribution in [3.63, 3.8) is 0 Å². The fourth-order valence-corrected chi connectivity index (χ4v) is 2.79. The normalized spacial score (nSPS) is 22.6. The standard InChI is InChI=1S/C16H21NO3/c1-11(16(18)19)13-8-6-12(7-9-13)10-14-4-2-3-5-15(14)17-20/h6-9,11,14,20H,2-5,10H2,1H3,(H,18,19)/b17-15-/t11-,14-/m1/s1. The van der Waals surface area contributed by atoms with E-state index in [4.69, 9.17) is 10.3 Å². The molecular formula is C16H21NO3. The summed E-state index contributed by atoms with van der Waals surface area (Å²) in [4.78, 5) is 10.9. The van der Waals surface area contributed by atoms with E-state index in [9.17, 15) is 4.79 Å². The lowest BCUT2D eigenvalue weighted by Crippen LogP contribution is -2.21. The third-order valence-corrected chi connectivity index (χ3v) is 4.17. The summed E-state index contributed by atoms with van der Waals surface area (Å²) in [6, 6.07) is 7.73. The molecule has 4 heteroatoms. The number of carbonyl (C=O) groups is 1. The van der Waals surface area contributed by atoms with Gasteiger partial charge in [0.2, 0.25) is 0 Å². The predicted molar refractivity (Wildman–Crippen MR) is 77.4 cm³/mol. The van der Waals surface area contributed by atoms with Crippen LogP contribution in [0.2, 0.25) is 0 Å². The van der Waals surface area contributed by atoms with Crippen LogP contribution in [-0.2, 0) is 11.2 Å². The highest BCUT2D eigenvalue weighted by Crippen LogP contribution is 2.26. The molecule has 1 fully saturated rings. The Hall–Kier alpha value is -1.84. The van der Waals surface area contributed by atoms with E-state index in [0.29, 0.717) is 5.92 Å². The Kier molecular flexibility index (Phi) is 4.77. The smallest absolute Gasteiger partial charge is 0.310 e. The summed E-state index contributed by atoms with van der Waals surface area (Å²) in [5.74, 6) is -0.968. The number of carboxylic acid groups (broad SMARTS) is 1. The lowest BCUT2D eigenvalue weighted by Gasteiger charge is -2.23. The van der Waals surface area contributed by atoms with E-state index in [1.54, 1.807) is 6.92 Å². The molecule has 2 atom stereocenters. The van der Waals surface area contributed by atoms with Crippen LogP contribution < -0.4 is 0 Å². The number of hydrogen-bond acceptors (Lipinski definition) is 3. The molecule has 1 aliphatic rings. The van der Waals surface area contributed by atoms with Crippen molar-refractivity contribution >= 4 is 11.7 Å². The summed E-state index contributed by atoms with van der Waals surface area (Å²) >= 11 is 0. The van der Waals surface area contributed by atoms with Crippen LogP contribution in [0.3, 0.4) is 0 Å². The molecule has 1 aromatic carbocycles. The third-order valence-electron chi connectivity index (χ3n) is 4.17. The van der Waals surface area contributed by atoms with Crippen molar-refractivity contribution < 1.29 is 15.1 Å². The average molecular weight is 275 g/mol. The number of benzene rings is 1. The van der Waals surface area contributed by atoms with Crippen molar-refractivity contribution in [2.75, 3.05) is 0 Å². The van der Waals surface area contributed by atoms with Crippen LogP contribution in [-0.4, -0.2) is 22.0 Å². The molecule has 20 heavy (non-hydrogen) atoms. The number of nitrogens with zero attached hydrogens (tertiary/aromatic N) is 1. The largest absolute Gasteiger partial charge is 0.481 e. The van der Waals surface area contributed by atoms with Crippen molar-refractivity contribution in [3.8, 4) is 0 Å². The lowest BCUT2D eigenvalue weighted by atomic mass is 9.83. The minimum Gasteiger partial charge on any atom is -0.481 e. The minimum atomic E-state index is -0.806. The van der Waals surface area contributed by atoms with Gasteiger partial charge in [0.05, 0.1) is 11.6 Å². The molecule has 1 aliphatic carbocycles. The van der Waals surface area contributed by atoms with Crippen LogP contribution in [0.4, 0.5) is 0 Å². The van der Waals surface area contributed by atoms with Crippen LogP contribution in [0.1, 0.15) is 49.7 Å². The fourth-order valence-electron chi connectivity index (χ4n) is 2.79. The maximum absolute atomic E-state index is 10.9. The summed E-state index contributed by atoms with van der Waals surface area (Å²) in [5.41, 5.74) is 2.89. The van der Waals surface area contributed by atoms with Gasteiger partial charge < -0.3 is 10.3 Å². The van der Waals surface area contributed by atoms with Crippen LogP contribution in [0, 0.1) is 5.92 Å². The first-order valence-electron chi connectivity index (χ1n) is 7.14. The number of rotatable bonds is 4. The van der Waals surface area contributed by atoms with Gasteiger partial charge in [0.15, 0.2) is 0 Å². The van der Waals surface area contributed by atoms with Crippen molar-refractivity contribution in [3.05, 3.63) is 35.4 Å². The molecule has 0 amide bonds. The number of carboxylic acids is 1.